The molecule has 1 aliphatic heterocycles. The van der Waals surface area contributed by atoms with Gasteiger partial charge in [0.2, 0.25) is 5.91 Å². The van der Waals surface area contributed by atoms with E-state index in [4.69, 9.17) is 0 Å². The molecule has 3 rings (SSSR count). The van der Waals surface area contributed by atoms with Crippen LogP contribution in [0.4, 0.5) is 11.5 Å². The van der Waals surface area contributed by atoms with Gasteiger partial charge in [-0.15, -0.1) is 0 Å². The predicted octanol–water partition coefficient (Wildman–Crippen LogP) is 2.33. The lowest BCUT2D eigenvalue weighted by atomic mass is 10.1. The average Bonchev–Trinajstić information content (AvgIpc) is 2.64. The first-order valence-corrected chi connectivity index (χ1v) is 8.76. The molecule has 1 aliphatic rings. The van der Waals surface area contributed by atoms with E-state index in [-0.39, 0.29) is 5.91 Å². The fourth-order valence-corrected chi connectivity index (χ4v) is 3.20. The maximum Gasteiger partial charge on any atom is 0.238 e. The number of carbonyl (C=O) groups excluding carboxylic acids is 1. The number of amides is 1. The zero-order valence-corrected chi connectivity index (χ0v) is 15.2. The van der Waals surface area contributed by atoms with E-state index in [0.29, 0.717) is 12.1 Å². The highest BCUT2D eigenvalue weighted by Gasteiger charge is 2.21. The zero-order chi connectivity index (χ0) is 18.5. The summed E-state index contributed by atoms with van der Waals surface area (Å²) in [6.07, 6.45) is 1.71. The predicted molar refractivity (Wildman–Crippen MR) is 102 cm³/mol. The van der Waals surface area contributed by atoms with Crippen molar-refractivity contribution < 1.29 is 4.79 Å². The van der Waals surface area contributed by atoms with E-state index in [2.05, 4.69) is 32.2 Å². The molecular weight excluding hydrogens is 326 g/mol. The second kappa shape index (κ2) is 7.98. The van der Waals surface area contributed by atoms with Crippen LogP contribution in [0.2, 0.25) is 0 Å². The molecule has 1 saturated heterocycles. The number of anilines is 2. The molecule has 0 spiro atoms. The number of aryl methyl sites for hydroxylation is 2. The number of hydrogen-bond donors (Lipinski definition) is 1. The molecule has 0 atom stereocenters. The Morgan fingerprint density at radius 2 is 2.00 bits per heavy atom. The quantitative estimate of drug-likeness (QED) is 0.917. The second-order valence-electron chi connectivity index (χ2n) is 6.62. The van der Waals surface area contributed by atoms with Gasteiger partial charge >= 0.3 is 0 Å². The van der Waals surface area contributed by atoms with Crippen molar-refractivity contribution in [2.75, 3.05) is 42.9 Å². The van der Waals surface area contributed by atoms with E-state index in [1.54, 1.807) is 18.3 Å². The van der Waals surface area contributed by atoms with Crippen molar-refractivity contribution in [2.24, 2.45) is 0 Å². The molecule has 0 radical (unpaired) electrons. The average molecular weight is 349 g/mol. The molecule has 0 bridgehead atoms. The van der Waals surface area contributed by atoms with Crippen LogP contribution in [-0.4, -0.2) is 48.5 Å². The number of aromatic nitrogens is 1. The number of rotatable bonds is 4. The number of piperazine rings is 1. The second-order valence-corrected chi connectivity index (χ2v) is 6.62. The molecular formula is C20H23N5O. The highest BCUT2D eigenvalue weighted by atomic mass is 16.2. The third kappa shape index (κ3) is 4.19. The molecule has 1 aromatic heterocycles. The lowest BCUT2D eigenvalue weighted by molar-refractivity contribution is -0.117. The molecule has 1 amide bonds. The van der Waals surface area contributed by atoms with Crippen LogP contribution in [-0.2, 0) is 4.79 Å². The maximum absolute atomic E-state index is 12.3. The molecule has 2 heterocycles. The molecule has 1 aromatic carbocycles. The Balaban J connectivity index is 1.54. The molecule has 26 heavy (non-hydrogen) atoms. The first-order valence-electron chi connectivity index (χ1n) is 8.76. The first kappa shape index (κ1) is 17.9. The van der Waals surface area contributed by atoms with Gasteiger partial charge in [0.25, 0.3) is 0 Å². The number of nitrogens with one attached hydrogen (secondary N) is 1. The Bertz CT molecular complexity index is 834. The molecule has 6 nitrogen and oxygen atoms in total. The van der Waals surface area contributed by atoms with Crippen molar-refractivity contribution in [1.82, 2.24) is 9.88 Å². The van der Waals surface area contributed by atoms with Crippen LogP contribution in [0.5, 0.6) is 0 Å². The van der Waals surface area contributed by atoms with E-state index in [0.717, 1.165) is 43.2 Å². The largest absolute Gasteiger partial charge is 0.353 e. The lowest BCUT2D eigenvalue weighted by Crippen LogP contribution is -2.49. The van der Waals surface area contributed by atoms with Crippen molar-refractivity contribution in [3.8, 4) is 6.07 Å². The summed E-state index contributed by atoms with van der Waals surface area (Å²) in [5.74, 6) is 0.732. The molecule has 1 N–H and O–H groups in total. The van der Waals surface area contributed by atoms with Gasteiger partial charge in [-0.1, -0.05) is 17.7 Å². The third-order valence-corrected chi connectivity index (χ3v) is 4.60. The van der Waals surface area contributed by atoms with Crippen LogP contribution >= 0.6 is 0 Å². The zero-order valence-electron chi connectivity index (χ0n) is 15.2. The van der Waals surface area contributed by atoms with Gasteiger partial charge in [-0.25, -0.2) is 4.98 Å². The number of pyridine rings is 1. The summed E-state index contributed by atoms with van der Waals surface area (Å²) in [7, 11) is 0. The first-order chi connectivity index (χ1) is 12.6. The number of benzene rings is 1. The minimum Gasteiger partial charge on any atom is -0.353 e. The summed E-state index contributed by atoms with van der Waals surface area (Å²) in [4.78, 5) is 20.9. The Morgan fingerprint density at radius 1 is 1.23 bits per heavy atom. The van der Waals surface area contributed by atoms with Crippen LogP contribution in [0.15, 0.2) is 36.5 Å². The fourth-order valence-electron chi connectivity index (χ4n) is 3.20. The van der Waals surface area contributed by atoms with Crippen LogP contribution < -0.4 is 10.2 Å². The standard InChI is InChI=1S/C20H23N5O/c1-15-5-6-18(16(2)12-15)23-19(26)14-24-8-10-25(11-9-24)20-17(13-21)4-3-7-22-20/h3-7,12H,8-11,14H2,1-2H3,(H,23,26). The molecule has 1 fully saturated rings. The van der Waals surface area contributed by atoms with Gasteiger partial charge in [-0.2, -0.15) is 5.26 Å². The molecule has 134 valence electrons. The Hall–Kier alpha value is -2.91. The van der Waals surface area contributed by atoms with E-state index in [9.17, 15) is 10.1 Å². The molecule has 2 aromatic rings. The van der Waals surface area contributed by atoms with E-state index >= 15 is 0 Å². The minimum absolute atomic E-state index is 0.000882. The number of hydrogen-bond acceptors (Lipinski definition) is 5. The summed E-state index contributed by atoms with van der Waals surface area (Å²) in [5, 5.41) is 12.2. The monoisotopic (exact) mass is 349 g/mol. The van der Waals surface area contributed by atoms with Crippen molar-refractivity contribution >= 4 is 17.4 Å². The summed E-state index contributed by atoms with van der Waals surface area (Å²) < 4.78 is 0. The van der Waals surface area contributed by atoms with Crippen molar-refractivity contribution in [1.29, 1.82) is 5.26 Å². The van der Waals surface area contributed by atoms with Crippen LogP contribution in [0, 0.1) is 25.2 Å². The van der Waals surface area contributed by atoms with Gasteiger partial charge in [0.05, 0.1) is 12.1 Å². The number of carbonyl (C=O) groups is 1. The summed E-state index contributed by atoms with van der Waals surface area (Å²) >= 11 is 0. The van der Waals surface area contributed by atoms with Crippen LogP contribution in [0.3, 0.4) is 0 Å². The Kier molecular flexibility index (Phi) is 5.49. The van der Waals surface area contributed by atoms with Gasteiger partial charge in [-0.05, 0) is 37.6 Å². The van der Waals surface area contributed by atoms with E-state index in [1.165, 1.54) is 5.56 Å². The highest BCUT2D eigenvalue weighted by molar-refractivity contribution is 5.93. The van der Waals surface area contributed by atoms with Gasteiger partial charge in [0.15, 0.2) is 0 Å². The van der Waals surface area contributed by atoms with Gasteiger partial charge in [-0.3, -0.25) is 9.69 Å². The third-order valence-electron chi connectivity index (χ3n) is 4.60. The number of nitriles is 1. The van der Waals surface area contributed by atoms with Crippen molar-refractivity contribution in [3.05, 3.63) is 53.2 Å². The normalized spacial score (nSPS) is 14.7. The summed E-state index contributed by atoms with van der Waals surface area (Å²) in [6, 6.07) is 11.8. The topological polar surface area (TPSA) is 72.3 Å². The van der Waals surface area contributed by atoms with Crippen molar-refractivity contribution in [2.45, 2.75) is 13.8 Å². The summed E-state index contributed by atoms with van der Waals surface area (Å²) in [6.45, 7) is 7.45. The molecule has 0 saturated carbocycles. The fraction of sp³-hybridized carbons (Fsp3) is 0.350. The Morgan fingerprint density at radius 3 is 2.69 bits per heavy atom. The summed E-state index contributed by atoms with van der Waals surface area (Å²) in [5.41, 5.74) is 3.71. The van der Waals surface area contributed by atoms with Gasteiger partial charge in [0, 0.05) is 38.1 Å². The molecule has 0 aliphatic carbocycles. The number of nitrogens with zero attached hydrogens (tertiary/aromatic N) is 4. The highest BCUT2D eigenvalue weighted by Crippen LogP contribution is 2.19. The van der Waals surface area contributed by atoms with Gasteiger partial charge < -0.3 is 10.2 Å². The smallest absolute Gasteiger partial charge is 0.238 e. The minimum atomic E-state index is 0.000882. The lowest BCUT2D eigenvalue weighted by Gasteiger charge is -2.35. The Labute approximate surface area is 154 Å². The van der Waals surface area contributed by atoms with Crippen LogP contribution in [0.25, 0.3) is 0 Å². The molecule has 0 unspecified atom stereocenters. The van der Waals surface area contributed by atoms with Crippen LogP contribution in [0.1, 0.15) is 16.7 Å². The SMILES string of the molecule is Cc1ccc(NC(=O)CN2CCN(c3ncccc3C#N)CC2)c(C)c1. The molecule has 6 heteroatoms. The van der Waals surface area contributed by atoms with E-state index in [1.807, 2.05) is 26.0 Å². The van der Waals surface area contributed by atoms with Gasteiger partial charge in [0.1, 0.15) is 11.9 Å². The maximum atomic E-state index is 12.3. The van der Waals surface area contributed by atoms with E-state index < -0.39 is 0 Å². The van der Waals surface area contributed by atoms with Crippen molar-refractivity contribution in [3.63, 3.8) is 0 Å².